The second kappa shape index (κ2) is 21.8. The number of hydrogen-bond acceptors (Lipinski definition) is 4. The normalized spacial score (nSPS) is 11.2. The maximum Gasteiger partial charge on any atom is -0.000834 e. The fraction of sp³-hybridized carbons (Fsp3) is 0.600. The minimum absolute atomic E-state index is 1.08. The lowest BCUT2D eigenvalue weighted by atomic mass is 10.1. The Balaban J connectivity index is 1.19. The van der Waals surface area contributed by atoms with Gasteiger partial charge in [-0.2, -0.15) is 0 Å². The standard InChI is InChI=1S/C30H50N4/c1(3-11-21-31-23-13-25-33-27-19-29-15-7-5-8-16-29)2-4-12-22-32-24-14-26-34-28-20-30-17-9-6-10-18-30/h5-10,15-18,31-34H,1-4,11-14,19-28H2. The van der Waals surface area contributed by atoms with Crippen LogP contribution in [-0.2, 0) is 12.8 Å². The van der Waals surface area contributed by atoms with Gasteiger partial charge in [0.05, 0.1) is 0 Å². The van der Waals surface area contributed by atoms with Crippen LogP contribution in [0.2, 0.25) is 0 Å². The number of nitrogens with one attached hydrogen (secondary N) is 4. The summed E-state index contributed by atoms with van der Waals surface area (Å²) in [6.45, 7) is 8.98. The fourth-order valence-electron chi connectivity index (χ4n) is 4.14. The summed E-state index contributed by atoms with van der Waals surface area (Å²) in [6, 6.07) is 21.4. The number of rotatable bonds is 23. The van der Waals surface area contributed by atoms with Crippen molar-refractivity contribution in [1.82, 2.24) is 21.3 Å². The van der Waals surface area contributed by atoms with Gasteiger partial charge in [-0.1, -0.05) is 86.3 Å². The van der Waals surface area contributed by atoms with Crippen molar-refractivity contribution in [1.29, 1.82) is 0 Å². The van der Waals surface area contributed by atoms with E-state index < -0.39 is 0 Å². The van der Waals surface area contributed by atoms with Crippen LogP contribution in [0, 0.1) is 0 Å². The Morgan fingerprint density at radius 2 is 0.647 bits per heavy atom. The predicted octanol–water partition coefficient (Wildman–Crippen LogP) is 4.95. The molecule has 0 saturated heterocycles. The van der Waals surface area contributed by atoms with Gasteiger partial charge in [0, 0.05) is 0 Å². The molecule has 4 heteroatoms. The Bertz CT molecular complexity index is 603. The summed E-state index contributed by atoms with van der Waals surface area (Å²) in [5.41, 5.74) is 2.84. The van der Waals surface area contributed by atoms with Crippen molar-refractivity contribution in [3.8, 4) is 0 Å². The molecule has 190 valence electrons. The van der Waals surface area contributed by atoms with Gasteiger partial charge in [-0.15, -0.1) is 0 Å². The monoisotopic (exact) mass is 466 g/mol. The zero-order valence-electron chi connectivity index (χ0n) is 21.5. The molecule has 0 spiro atoms. The van der Waals surface area contributed by atoms with Crippen molar-refractivity contribution in [3.63, 3.8) is 0 Å². The molecule has 0 radical (unpaired) electrons. The lowest BCUT2D eigenvalue weighted by Crippen LogP contribution is -2.24. The molecule has 2 aromatic rings. The highest BCUT2D eigenvalue weighted by Gasteiger charge is 1.95. The van der Waals surface area contributed by atoms with Crippen molar-refractivity contribution in [3.05, 3.63) is 71.8 Å². The van der Waals surface area contributed by atoms with E-state index in [2.05, 4.69) is 81.9 Å². The molecular weight excluding hydrogens is 416 g/mol. The molecule has 0 bridgehead atoms. The van der Waals surface area contributed by atoms with Crippen molar-refractivity contribution < 1.29 is 0 Å². The van der Waals surface area contributed by atoms with E-state index in [-0.39, 0.29) is 0 Å². The molecule has 0 fully saturated rings. The molecule has 0 unspecified atom stereocenters. The van der Waals surface area contributed by atoms with Gasteiger partial charge in [-0.3, -0.25) is 0 Å². The molecule has 0 aliphatic carbocycles. The Kier molecular flexibility index (Phi) is 18.3. The zero-order chi connectivity index (χ0) is 23.8. The number of hydrogen-bond donors (Lipinski definition) is 4. The first kappa shape index (κ1) is 28.5. The number of unbranched alkanes of at least 4 members (excludes halogenated alkanes) is 5. The van der Waals surface area contributed by atoms with E-state index in [4.69, 9.17) is 0 Å². The van der Waals surface area contributed by atoms with Crippen molar-refractivity contribution >= 4 is 0 Å². The van der Waals surface area contributed by atoms with Crippen LogP contribution < -0.4 is 21.3 Å². The first-order chi connectivity index (χ1) is 16.9. The van der Waals surface area contributed by atoms with Gasteiger partial charge in [-0.25, -0.2) is 0 Å². The van der Waals surface area contributed by atoms with Gasteiger partial charge < -0.3 is 21.3 Å². The van der Waals surface area contributed by atoms with Crippen LogP contribution in [0.1, 0.15) is 62.5 Å². The van der Waals surface area contributed by atoms with Crippen LogP contribution in [0.5, 0.6) is 0 Å². The summed E-state index contributed by atoms with van der Waals surface area (Å²) >= 11 is 0. The summed E-state index contributed by atoms with van der Waals surface area (Å²) in [5, 5.41) is 14.3. The molecule has 2 rings (SSSR count). The minimum Gasteiger partial charge on any atom is -0.317 e. The topological polar surface area (TPSA) is 48.1 Å². The van der Waals surface area contributed by atoms with Gasteiger partial charge in [-0.05, 0) is 102 Å². The first-order valence-corrected chi connectivity index (χ1v) is 13.9. The third kappa shape index (κ3) is 16.8. The lowest BCUT2D eigenvalue weighted by Gasteiger charge is -2.07. The molecule has 0 amide bonds. The zero-order valence-corrected chi connectivity index (χ0v) is 21.5. The van der Waals surface area contributed by atoms with Crippen LogP contribution in [0.3, 0.4) is 0 Å². The van der Waals surface area contributed by atoms with Crippen molar-refractivity contribution in [2.24, 2.45) is 0 Å². The molecule has 0 aliphatic heterocycles. The summed E-state index contributed by atoms with van der Waals surface area (Å²) < 4.78 is 0. The first-order valence-electron chi connectivity index (χ1n) is 13.9. The van der Waals surface area contributed by atoms with Crippen LogP contribution in [0.15, 0.2) is 60.7 Å². The van der Waals surface area contributed by atoms with E-state index in [1.807, 2.05) is 0 Å². The Labute approximate surface area is 209 Å². The van der Waals surface area contributed by atoms with Crippen LogP contribution in [0.25, 0.3) is 0 Å². The maximum atomic E-state index is 3.59. The predicted molar refractivity (Wildman–Crippen MR) is 149 cm³/mol. The third-order valence-corrected chi connectivity index (χ3v) is 6.24. The number of benzene rings is 2. The lowest BCUT2D eigenvalue weighted by molar-refractivity contribution is 0.535. The highest BCUT2D eigenvalue weighted by atomic mass is 14.9. The SMILES string of the molecule is c1ccc(CCNCCCNCCCCCCCCNCCCNCCc2ccccc2)cc1. The summed E-state index contributed by atoms with van der Waals surface area (Å²) in [6.07, 6.45) is 12.8. The molecule has 0 heterocycles. The fourth-order valence-corrected chi connectivity index (χ4v) is 4.14. The molecule has 4 N–H and O–H groups in total. The van der Waals surface area contributed by atoms with E-state index in [1.54, 1.807) is 0 Å². The van der Waals surface area contributed by atoms with Gasteiger partial charge in [0.2, 0.25) is 0 Å². The van der Waals surface area contributed by atoms with Gasteiger partial charge in [0.15, 0.2) is 0 Å². The van der Waals surface area contributed by atoms with Gasteiger partial charge in [0.25, 0.3) is 0 Å². The second-order valence-corrected chi connectivity index (χ2v) is 9.30. The largest absolute Gasteiger partial charge is 0.317 e. The Hall–Kier alpha value is -1.72. The quantitative estimate of drug-likeness (QED) is 0.175. The van der Waals surface area contributed by atoms with Gasteiger partial charge >= 0.3 is 0 Å². The summed E-state index contributed by atoms with van der Waals surface area (Å²) in [4.78, 5) is 0. The molecule has 2 aromatic carbocycles. The maximum absolute atomic E-state index is 3.59. The molecule has 0 aliphatic rings. The summed E-state index contributed by atoms with van der Waals surface area (Å²) in [5.74, 6) is 0. The average molecular weight is 467 g/mol. The molecule has 0 aromatic heterocycles. The van der Waals surface area contributed by atoms with Crippen molar-refractivity contribution in [2.75, 3.05) is 52.4 Å². The van der Waals surface area contributed by atoms with Crippen LogP contribution in [-0.4, -0.2) is 52.4 Å². The highest BCUT2D eigenvalue weighted by molar-refractivity contribution is 5.15. The second-order valence-electron chi connectivity index (χ2n) is 9.30. The molecule has 0 atom stereocenters. The Morgan fingerprint density at radius 3 is 1.06 bits per heavy atom. The van der Waals surface area contributed by atoms with Crippen LogP contribution in [0.4, 0.5) is 0 Å². The molecular formula is C30H50N4. The van der Waals surface area contributed by atoms with Gasteiger partial charge in [0.1, 0.15) is 0 Å². The van der Waals surface area contributed by atoms with Crippen LogP contribution >= 0.6 is 0 Å². The van der Waals surface area contributed by atoms with Crippen molar-refractivity contribution in [2.45, 2.75) is 64.2 Å². The average Bonchev–Trinajstić information content (AvgIpc) is 2.88. The molecule has 0 saturated carbocycles. The Morgan fingerprint density at radius 1 is 0.324 bits per heavy atom. The van der Waals surface area contributed by atoms with E-state index in [0.29, 0.717) is 0 Å². The molecule has 34 heavy (non-hydrogen) atoms. The van der Waals surface area contributed by atoms with E-state index in [9.17, 15) is 0 Å². The smallest absolute Gasteiger partial charge is 0.000834 e. The van der Waals surface area contributed by atoms with E-state index in [1.165, 1.54) is 75.6 Å². The highest BCUT2D eigenvalue weighted by Crippen LogP contribution is 2.04. The summed E-state index contributed by atoms with van der Waals surface area (Å²) in [7, 11) is 0. The van der Waals surface area contributed by atoms with E-state index in [0.717, 1.165) is 52.1 Å². The minimum atomic E-state index is 1.08. The van der Waals surface area contributed by atoms with E-state index >= 15 is 0 Å². The molecule has 4 nitrogen and oxygen atoms in total. The third-order valence-electron chi connectivity index (χ3n) is 6.24.